The quantitative estimate of drug-likeness (QED) is 0.905. The smallest absolute Gasteiger partial charge is 0.236 e. The van der Waals surface area contributed by atoms with Crippen LogP contribution in [0.5, 0.6) is 0 Å². The van der Waals surface area contributed by atoms with Crippen LogP contribution in [0.2, 0.25) is 0 Å². The van der Waals surface area contributed by atoms with Gasteiger partial charge in [-0.2, -0.15) is 0 Å². The fourth-order valence-corrected chi connectivity index (χ4v) is 3.93. The number of sulfonamides is 1. The molecule has 6 heteroatoms. The summed E-state index contributed by atoms with van der Waals surface area (Å²) in [5.74, 6) is -0.0709. The van der Waals surface area contributed by atoms with Crippen molar-refractivity contribution in [2.45, 2.75) is 25.5 Å². The number of carbonyl (C=O) groups excluding carboxylic acids is 1. The first-order valence-electron chi connectivity index (χ1n) is 7.41. The van der Waals surface area contributed by atoms with Gasteiger partial charge in [-0.05, 0) is 48.2 Å². The van der Waals surface area contributed by atoms with E-state index < -0.39 is 10.0 Å². The number of fused-ring (bicyclic) bond motifs is 1. The highest BCUT2D eigenvalue weighted by Crippen LogP contribution is 2.26. The molecule has 0 unspecified atom stereocenters. The molecule has 5 nitrogen and oxygen atoms in total. The number of anilines is 2. The van der Waals surface area contributed by atoms with Gasteiger partial charge in [-0.3, -0.25) is 9.52 Å². The van der Waals surface area contributed by atoms with Crippen molar-refractivity contribution in [2.75, 3.05) is 10.0 Å². The summed E-state index contributed by atoms with van der Waals surface area (Å²) in [7, 11) is -3.48. The van der Waals surface area contributed by atoms with Crippen molar-refractivity contribution < 1.29 is 13.2 Å². The van der Waals surface area contributed by atoms with E-state index in [1.165, 1.54) is 0 Å². The number of carbonyl (C=O) groups is 1. The second kappa shape index (κ2) is 6.04. The molecular weight excluding hydrogens is 312 g/mol. The highest BCUT2D eigenvalue weighted by Gasteiger charge is 2.17. The highest BCUT2D eigenvalue weighted by molar-refractivity contribution is 7.91. The van der Waals surface area contributed by atoms with Crippen molar-refractivity contribution >= 4 is 27.3 Å². The van der Waals surface area contributed by atoms with Gasteiger partial charge in [0.2, 0.25) is 15.9 Å². The van der Waals surface area contributed by atoms with Gasteiger partial charge in [0, 0.05) is 17.8 Å². The van der Waals surface area contributed by atoms with Crippen molar-refractivity contribution in [3.05, 3.63) is 59.2 Å². The van der Waals surface area contributed by atoms with Crippen LogP contribution >= 0.6 is 0 Å². The van der Waals surface area contributed by atoms with E-state index in [0.717, 1.165) is 22.4 Å². The predicted octanol–water partition coefficient (Wildman–Crippen LogP) is 2.82. The van der Waals surface area contributed by atoms with Crippen molar-refractivity contribution in [3.63, 3.8) is 0 Å². The Hall–Kier alpha value is -2.34. The zero-order chi connectivity index (χ0) is 16.4. The van der Waals surface area contributed by atoms with Gasteiger partial charge in [0.05, 0.1) is 5.75 Å². The van der Waals surface area contributed by atoms with Crippen LogP contribution in [0.15, 0.2) is 42.5 Å². The van der Waals surface area contributed by atoms with E-state index in [2.05, 4.69) is 10.0 Å². The first-order chi connectivity index (χ1) is 10.9. The standard InChI is InChI=1S/C17H18N2O3S/c1-12-4-2-3-5-14(12)11-23(21,22)19-15-7-8-16-13(10-15)6-9-17(20)18-16/h2-5,7-8,10,19H,6,9,11H2,1H3,(H,18,20). The molecule has 0 atom stereocenters. The lowest BCUT2D eigenvalue weighted by atomic mass is 10.0. The Morgan fingerprint density at radius 1 is 1.13 bits per heavy atom. The molecule has 0 fully saturated rings. The summed E-state index contributed by atoms with van der Waals surface area (Å²) >= 11 is 0. The van der Waals surface area contributed by atoms with Gasteiger partial charge in [0.25, 0.3) is 0 Å². The molecule has 2 N–H and O–H groups in total. The molecule has 1 aliphatic heterocycles. The van der Waals surface area contributed by atoms with Crippen LogP contribution in [0, 0.1) is 6.92 Å². The molecule has 0 aromatic heterocycles. The molecule has 120 valence electrons. The van der Waals surface area contributed by atoms with E-state index in [9.17, 15) is 13.2 Å². The molecule has 0 aliphatic carbocycles. The van der Waals surface area contributed by atoms with Crippen LogP contribution in [0.3, 0.4) is 0 Å². The second-order valence-electron chi connectivity index (χ2n) is 5.71. The van der Waals surface area contributed by atoms with Gasteiger partial charge in [-0.1, -0.05) is 24.3 Å². The molecule has 2 aromatic rings. The van der Waals surface area contributed by atoms with Gasteiger partial charge < -0.3 is 5.32 Å². The first kappa shape index (κ1) is 15.6. The Labute approximate surface area is 135 Å². The average Bonchev–Trinajstić information content (AvgIpc) is 2.49. The number of hydrogen-bond donors (Lipinski definition) is 2. The number of nitrogens with one attached hydrogen (secondary N) is 2. The largest absolute Gasteiger partial charge is 0.326 e. The number of hydrogen-bond acceptors (Lipinski definition) is 3. The van der Waals surface area contributed by atoms with Crippen molar-refractivity contribution in [1.29, 1.82) is 0 Å². The Bertz CT molecular complexity index is 860. The molecular formula is C17H18N2O3S. The molecule has 1 aliphatic rings. The van der Waals surface area contributed by atoms with E-state index in [4.69, 9.17) is 0 Å². The second-order valence-corrected chi connectivity index (χ2v) is 7.43. The van der Waals surface area contributed by atoms with Gasteiger partial charge in [0.1, 0.15) is 0 Å². The summed E-state index contributed by atoms with van der Waals surface area (Å²) in [4.78, 5) is 11.4. The van der Waals surface area contributed by atoms with Gasteiger partial charge in [0.15, 0.2) is 0 Å². The predicted molar refractivity (Wildman–Crippen MR) is 90.8 cm³/mol. The fourth-order valence-electron chi connectivity index (χ4n) is 2.64. The molecule has 0 saturated heterocycles. The molecule has 23 heavy (non-hydrogen) atoms. The minimum absolute atomic E-state index is 0.00890. The van der Waals surface area contributed by atoms with Crippen LogP contribution in [0.4, 0.5) is 11.4 Å². The summed E-state index contributed by atoms with van der Waals surface area (Å²) in [6, 6.07) is 12.6. The molecule has 0 saturated carbocycles. The number of benzene rings is 2. The minimum atomic E-state index is -3.48. The molecule has 0 spiro atoms. The van der Waals surface area contributed by atoms with E-state index >= 15 is 0 Å². The lowest BCUT2D eigenvalue weighted by Crippen LogP contribution is -2.20. The van der Waals surface area contributed by atoms with Crippen LogP contribution < -0.4 is 10.0 Å². The summed E-state index contributed by atoms with van der Waals surface area (Å²) in [6.07, 6.45) is 1.04. The number of amides is 1. The summed E-state index contributed by atoms with van der Waals surface area (Å²) in [5.41, 5.74) is 3.95. The Morgan fingerprint density at radius 3 is 2.70 bits per heavy atom. The summed E-state index contributed by atoms with van der Waals surface area (Å²) < 4.78 is 27.3. The van der Waals surface area contributed by atoms with Crippen LogP contribution in [-0.4, -0.2) is 14.3 Å². The Balaban J connectivity index is 1.78. The third kappa shape index (κ3) is 3.71. The first-order valence-corrected chi connectivity index (χ1v) is 9.06. The fraction of sp³-hybridized carbons (Fsp3) is 0.235. The van der Waals surface area contributed by atoms with E-state index in [0.29, 0.717) is 18.5 Å². The number of rotatable bonds is 4. The van der Waals surface area contributed by atoms with Gasteiger partial charge in [-0.25, -0.2) is 8.42 Å². The number of aryl methyl sites for hydroxylation is 2. The maximum absolute atomic E-state index is 12.4. The highest BCUT2D eigenvalue weighted by atomic mass is 32.2. The SMILES string of the molecule is Cc1ccccc1CS(=O)(=O)Nc1ccc2c(c1)CCC(=O)N2. The molecule has 0 radical (unpaired) electrons. The van der Waals surface area contributed by atoms with Crippen molar-refractivity contribution in [1.82, 2.24) is 0 Å². The summed E-state index contributed by atoms with van der Waals surface area (Å²) in [6.45, 7) is 1.90. The summed E-state index contributed by atoms with van der Waals surface area (Å²) in [5, 5.41) is 2.78. The topological polar surface area (TPSA) is 75.3 Å². The zero-order valence-electron chi connectivity index (χ0n) is 12.8. The third-order valence-corrected chi connectivity index (χ3v) is 5.12. The minimum Gasteiger partial charge on any atom is -0.326 e. The van der Waals surface area contributed by atoms with Gasteiger partial charge in [-0.15, -0.1) is 0 Å². The average molecular weight is 330 g/mol. The van der Waals surface area contributed by atoms with E-state index in [1.807, 2.05) is 31.2 Å². The van der Waals surface area contributed by atoms with Crippen LogP contribution in [-0.2, 0) is 27.0 Å². The maximum atomic E-state index is 12.4. The van der Waals surface area contributed by atoms with Crippen LogP contribution in [0.1, 0.15) is 23.1 Å². The normalized spacial score (nSPS) is 14.0. The lowest BCUT2D eigenvalue weighted by Gasteiger charge is -2.18. The molecule has 1 heterocycles. The van der Waals surface area contributed by atoms with E-state index in [1.54, 1.807) is 18.2 Å². The Kier molecular flexibility index (Phi) is 4.09. The molecule has 3 rings (SSSR count). The van der Waals surface area contributed by atoms with E-state index in [-0.39, 0.29) is 11.7 Å². The molecule has 1 amide bonds. The van der Waals surface area contributed by atoms with Crippen LogP contribution in [0.25, 0.3) is 0 Å². The Morgan fingerprint density at radius 2 is 1.91 bits per heavy atom. The third-order valence-electron chi connectivity index (χ3n) is 3.88. The van der Waals surface area contributed by atoms with Crippen molar-refractivity contribution in [2.24, 2.45) is 0 Å². The molecule has 2 aromatic carbocycles. The van der Waals surface area contributed by atoms with Crippen molar-refractivity contribution in [3.8, 4) is 0 Å². The monoisotopic (exact) mass is 330 g/mol. The maximum Gasteiger partial charge on any atom is 0.236 e. The zero-order valence-corrected chi connectivity index (χ0v) is 13.6. The molecule has 0 bridgehead atoms. The van der Waals surface area contributed by atoms with Gasteiger partial charge >= 0.3 is 0 Å². The lowest BCUT2D eigenvalue weighted by molar-refractivity contribution is -0.116.